The first-order valence-electron chi connectivity index (χ1n) is 12.2. The van der Waals surface area contributed by atoms with Crippen molar-refractivity contribution in [3.05, 3.63) is 101 Å². The molecule has 180 valence electrons. The van der Waals surface area contributed by atoms with Crippen molar-refractivity contribution in [2.45, 2.75) is 45.9 Å². The number of ether oxygens (including phenoxy) is 2. The van der Waals surface area contributed by atoms with Crippen molar-refractivity contribution in [1.29, 1.82) is 0 Å². The van der Waals surface area contributed by atoms with Gasteiger partial charge in [-0.05, 0) is 23.6 Å². The van der Waals surface area contributed by atoms with Crippen molar-refractivity contribution in [2.75, 3.05) is 6.79 Å². The second kappa shape index (κ2) is 11.0. The Morgan fingerprint density at radius 3 is 2.37 bits per heavy atom. The first-order chi connectivity index (χ1) is 17.2. The Bertz CT molecular complexity index is 1260. The van der Waals surface area contributed by atoms with Gasteiger partial charge in [0.15, 0.2) is 11.5 Å². The Labute approximate surface area is 211 Å². The Morgan fingerprint density at radius 2 is 1.63 bits per heavy atom. The summed E-state index contributed by atoms with van der Waals surface area (Å²) in [6.45, 7) is 5.64. The van der Waals surface area contributed by atoms with E-state index in [2.05, 4.69) is 71.0 Å². The highest BCUT2D eigenvalue weighted by molar-refractivity contribution is 6.31. The molecule has 1 aromatic heterocycles. The normalized spacial score (nSPS) is 12.4. The summed E-state index contributed by atoms with van der Waals surface area (Å²) >= 11 is 6.66. The molecule has 1 aliphatic rings. The van der Waals surface area contributed by atoms with Gasteiger partial charge in [0.05, 0.1) is 11.9 Å². The largest absolute Gasteiger partial charge is 0.454 e. The van der Waals surface area contributed by atoms with Crippen LogP contribution in [0.5, 0.6) is 11.5 Å². The maximum Gasteiger partial charge on any atom is 0.231 e. The summed E-state index contributed by atoms with van der Waals surface area (Å²) in [5.41, 5.74) is 4.62. The van der Waals surface area contributed by atoms with Crippen molar-refractivity contribution < 1.29 is 9.47 Å². The minimum atomic E-state index is 0.238. The van der Waals surface area contributed by atoms with Crippen LogP contribution in [0.1, 0.15) is 36.6 Å². The molecule has 0 radical (unpaired) electrons. The number of rotatable bonds is 10. The highest BCUT2D eigenvalue weighted by atomic mass is 35.5. The van der Waals surface area contributed by atoms with E-state index in [0.29, 0.717) is 17.3 Å². The molecule has 0 spiro atoms. The number of unbranched alkanes of at least 4 members (excludes halogenated alkanes) is 1. The molecule has 0 amide bonds. The van der Waals surface area contributed by atoms with E-state index < -0.39 is 0 Å². The molecular formula is C29H30ClN3O2. The second-order valence-electron chi connectivity index (χ2n) is 8.87. The molecule has 6 heteroatoms. The molecule has 0 saturated heterocycles. The lowest BCUT2D eigenvalue weighted by molar-refractivity contribution is 0.174. The molecule has 5 nitrogen and oxygen atoms in total. The predicted molar refractivity (Wildman–Crippen MR) is 140 cm³/mol. The lowest BCUT2D eigenvalue weighted by Crippen LogP contribution is -2.24. The molecule has 0 fully saturated rings. The van der Waals surface area contributed by atoms with E-state index in [1.54, 1.807) is 0 Å². The van der Waals surface area contributed by atoms with E-state index in [9.17, 15) is 0 Å². The molecule has 0 atom stereocenters. The van der Waals surface area contributed by atoms with Gasteiger partial charge in [-0.1, -0.05) is 85.6 Å². The van der Waals surface area contributed by atoms with Gasteiger partial charge in [0.1, 0.15) is 5.82 Å². The van der Waals surface area contributed by atoms with E-state index >= 15 is 0 Å². The highest BCUT2D eigenvalue weighted by Crippen LogP contribution is 2.37. The smallest absolute Gasteiger partial charge is 0.231 e. The molecule has 35 heavy (non-hydrogen) atoms. The highest BCUT2D eigenvalue weighted by Gasteiger charge is 2.20. The first-order valence-corrected chi connectivity index (χ1v) is 12.5. The van der Waals surface area contributed by atoms with Gasteiger partial charge in [0, 0.05) is 42.8 Å². The summed E-state index contributed by atoms with van der Waals surface area (Å²) in [5, 5.41) is 0.691. The fourth-order valence-electron chi connectivity index (χ4n) is 4.48. The van der Waals surface area contributed by atoms with Crippen LogP contribution in [0, 0.1) is 0 Å². The van der Waals surface area contributed by atoms with Gasteiger partial charge in [-0.3, -0.25) is 4.90 Å². The molecular weight excluding hydrogens is 458 g/mol. The van der Waals surface area contributed by atoms with Crippen LogP contribution in [0.25, 0.3) is 11.4 Å². The van der Waals surface area contributed by atoms with Crippen LogP contribution in [0.3, 0.4) is 0 Å². The summed E-state index contributed by atoms with van der Waals surface area (Å²) in [7, 11) is 0. The van der Waals surface area contributed by atoms with E-state index in [0.717, 1.165) is 55.2 Å². The van der Waals surface area contributed by atoms with Gasteiger partial charge in [0.25, 0.3) is 0 Å². The summed E-state index contributed by atoms with van der Waals surface area (Å²) in [6, 6.07) is 24.8. The monoisotopic (exact) mass is 487 g/mol. The van der Waals surface area contributed by atoms with Crippen LogP contribution < -0.4 is 9.47 Å². The lowest BCUT2D eigenvalue weighted by Gasteiger charge is -2.24. The Hall–Kier alpha value is -3.28. The number of aromatic nitrogens is 2. The van der Waals surface area contributed by atoms with Crippen LogP contribution in [0.4, 0.5) is 0 Å². The van der Waals surface area contributed by atoms with Crippen molar-refractivity contribution in [2.24, 2.45) is 0 Å². The molecule has 2 heterocycles. The van der Waals surface area contributed by atoms with Crippen LogP contribution in [0.2, 0.25) is 5.02 Å². The molecule has 0 saturated carbocycles. The maximum atomic E-state index is 6.66. The maximum absolute atomic E-state index is 6.66. The lowest BCUT2D eigenvalue weighted by atomic mass is 10.1. The van der Waals surface area contributed by atoms with Gasteiger partial charge in [-0.2, -0.15) is 0 Å². The number of halogens is 1. The van der Waals surface area contributed by atoms with Crippen LogP contribution in [0.15, 0.2) is 79.0 Å². The third-order valence-corrected chi connectivity index (χ3v) is 6.63. The standard InChI is InChI=1S/C29H30ClN3O2/c1-2-3-14-33-25(17-31-29(33)23-12-8-5-9-13-23)20-32(18-22-10-6-4-7-11-22)19-24-15-27-28(16-26(24)30)35-21-34-27/h4-13,15-17H,2-3,14,18-21H2,1H3. The molecule has 0 N–H and O–H groups in total. The quantitative estimate of drug-likeness (QED) is 0.243. The van der Waals surface area contributed by atoms with E-state index in [4.69, 9.17) is 26.1 Å². The fourth-order valence-corrected chi connectivity index (χ4v) is 4.69. The second-order valence-corrected chi connectivity index (χ2v) is 9.28. The number of nitrogens with zero attached hydrogens (tertiary/aromatic N) is 3. The molecule has 0 unspecified atom stereocenters. The molecule has 1 aliphatic heterocycles. The van der Waals surface area contributed by atoms with Gasteiger partial charge in [0.2, 0.25) is 6.79 Å². The van der Waals surface area contributed by atoms with Crippen molar-refractivity contribution >= 4 is 11.6 Å². The van der Waals surface area contributed by atoms with Crippen LogP contribution in [-0.4, -0.2) is 21.2 Å². The summed E-state index contributed by atoms with van der Waals surface area (Å²) < 4.78 is 13.5. The zero-order chi connectivity index (χ0) is 24.0. The number of imidazole rings is 1. The zero-order valence-corrected chi connectivity index (χ0v) is 20.7. The summed E-state index contributed by atoms with van der Waals surface area (Å²) in [6.07, 6.45) is 4.26. The van der Waals surface area contributed by atoms with Crippen molar-refractivity contribution in [3.8, 4) is 22.9 Å². The van der Waals surface area contributed by atoms with E-state index in [-0.39, 0.29) is 6.79 Å². The minimum Gasteiger partial charge on any atom is -0.454 e. The van der Waals surface area contributed by atoms with Crippen molar-refractivity contribution in [1.82, 2.24) is 14.5 Å². The molecule has 4 aromatic rings. The van der Waals surface area contributed by atoms with Crippen LogP contribution in [-0.2, 0) is 26.2 Å². The molecule has 0 aliphatic carbocycles. The van der Waals surface area contributed by atoms with Gasteiger partial charge >= 0.3 is 0 Å². The topological polar surface area (TPSA) is 39.5 Å². The number of fused-ring (bicyclic) bond motifs is 1. The Morgan fingerprint density at radius 1 is 0.914 bits per heavy atom. The SMILES string of the molecule is CCCCn1c(CN(Cc2ccccc2)Cc2cc3c(cc2Cl)OCO3)cnc1-c1ccccc1. The molecule has 3 aromatic carbocycles. The first kappa shape index (κ1) is 23.5. The van der Waals surface area contributed by atoms with Crippen LogP contribution >= 0.6 is 11.6 Å². The summed E-state index contributed by atoms with van der Waals surface area (Å²) in [5.74, 6) is 2.48. The molecule has 5 rings (SSSR count). The average Bonchev–Trinajstić information content (AvgIpc) is 3.50. The number of hydrogen-bond donors (Lipinski definition) is 0. The summed E-state index contributed by atoms with van der Waals surface area (Å²) in [4.78, 5) is 7.25. The van der Waals surface area contributed by atoms with Gasteiger partial charge < -0.3 is 14.0 Å². The number of hydrogen-bond acceptors (Lipinski definition) is 4. The Balaban J connectivity index is 1.46. The minimum absolute atomic E-state index is 0.238. The van der Waals surface area contributed by atoms with Gasteiger partial charge in [-0.15, -0.1) is 0 Å². The fraction of sp³-hybridized carbons (Fsp3) is 0.276. The van der Waals surface area contributed by atoms with Crippen molar-refractivity contribution in [3.63, 3.8) is 0 Å². The van der Waals surface area contributed by atoms with Gasteiger partial charge in [-0.25, -0.2) is 4.98 Å². The van der Waals surface area contributed by atoms with E-state index in [1.165, 1.54) is 11.3 Å². The van der Waals surface area contributed by atoms with E-state index in [1.807, 2.05) is 24.4 Å². The molecule has 0 bridgehead atoms. The average molecular weight is 488 g/mol. The third kappa shape index (κ3) is 5.53. The number of benzene rings is 3. The third-order valence-electron chi connectivity index (χ3n) is 6.28. The Kier molecular flexibility index (Phi) is 7.36. The predicted octanol–water partition coefficient (Wildman–Crippen LogP) is 6.93. The zero-order valence-electron chi connectivity index (χ0n) is 20.0.